The molecule has 39 heavy (non-hydrogen) atoms. The SMILES string of the molecule is CC(=NOC(C)(C)C)c1ccc(OCc2c(C3CC3)cccc2C2(C(=O)O)C=CC(C)=C(C(=O)O)C2)c(C)c1. The lowest BCUT2D eigenvalue weighted by atomic mass is 9.69. The van der Waals surface area contributed by atoms with E-state index in [1.807, 2.05) is 65.0 Å². The van der Waals surface area contributed by atoms with Gasteiger partial charge < -0.3 is 19.8 Å². The molecule has 2 aliphatic rings. The van der Waals surface area contributed by atoms with Gasteiger partial charge in [0.25, 0.3) is 0 Å². The molecule has 2 aromatic carbocycles. The maximum atomic E-state index is 12.8. The minimum Gasteiger partial charge on any atom is -0.489 e. The number of carboxylic acids is 2. The first-order valence-corrected chi connectivity index (χ1v) is 13.3. The number of hydrogen-bond donors (Lipinski definition) is 2. The fraction of sp³-hybridized carbons (Fsp3) is 0.406. The normalized spacial score (nSPS) is 19.7. The Morgan fingerprint density at radius 3 is 2.41 bits per heavy atom. The molecule has 2 N–H and O–H groups in total. The van der Waals surface area contributed by atoms with Crippen molar-refractivity contribution in [2.24, 2.45) is 5.16 Å². The minimum absolute atomic E-state index is 0.113. The lowest BCUT2D eigenvalue weighted by Crippen LogP contribution is -2.38. The monoisotopic (exact) mass is 531 g/mol. The summed E-state index contributed by atoms with van der Waals surface area (Å²) >= 11 is 0. The van der Waals surface area contributed by atoms with Crippen molar-refractivity contribution in [3.8, 4) is 5.75 Å². The van der Waals surface area contributed by atoms with Crippen LogP contribution in [0, 0.1) is 6.92 Å². The second-order valence-corrected chi connectivity index (χ2v) is 11.6. The quantitative estimate of drug-likeness (QED) is 0.276. The van der Waals surface area contributed by atoms with Gasteiger partial charge in [0.15, 0.2) is 0 Å². The van der Waals surface area contributed by atoms with Crippen LogP contribution in [0.3, 0.4) is 0 Å². The van der Waals surface area contributed by atoms with Gasteiger partial charge >= 0.3 is 11.9 Å². The van der Waals surface area contributed by atoms with Crippen LogP contribution in [0.1, 0.15) is 87.6 Å². The van der Waals surface area contributed by atoms with E-state index in [-0.39, 0.29) is 24.2 Å². The van der Waals surface area contributed by atoms with Gasteiger partial charge in [0, 0.05) is 12.0 Å². The third kappa shape index (κ3) is 6.08. The Morgan fingerprint density at radius 1 is 1.10 bits per heavy atom. The van der Waals surface area contributed by atoms with E-state index in [2.05, 4.69) is 5.16 Å². The summed E-state index contributed by atoms with van der Waals surface area (Å²) in [6.45, 7) is 11.6. The van der Waals surface area contributed by atoms with Crippen molar-refractivity contribution in [2.75, 3.05) is 0 Å². The molecule has 0 heterocycles. The van der Waals surface area contributed by atoms with E-state index < -0.39 is 17.4 Å². The van der Waals surface area contributed by atoms with Gasteiger partial charge in [-0.3, -0.25) is 4.79 Å². The summed E-state index contributed by atoms with van der Waals surface area (Å²) in [5, 5.41) is 24.5. The first-order chi connectivity index (χ1) is 18.3. The number of rotatable bonds is 9. The predicted molar refractivity (Wildman–Crippen MR) is 150 cm³/mol. The summed E-state index contributed by atoms with van der Waals surface area (Å²) in [7, 11) is 0. The zero-order chi connectivity index (χ0) is 28.5. The maximum Gasteiger partial charge on any atom is 0.331 e. The number of carbonyl (C=O) groups is 2. The Bertz CT molecular complexity index is 1390. The van der Waals surface area contributed by atoms with Gasteiger partial charge in [0.05, 0.1) is 5.71 Å². The molecule has 0 bridgehead atoms. The Balaban J connectivity index is 1.68. The lowest BCUT2D eigenvalue weighted by molar-refractivity contribution is -0.142. The number of aliphatic carboxylic acids is 2. The third-order valence-corrected chi connectivity index (χ3v) is 7.32. The van der Waals surface area contributed by atoms with Crippen LogP contribution in [0.25, 0.3) is 0 Å². The molecule has 7 nitrogen and oxygen atoms in total. The van der Waals surface area contributed by atoms with Crippen molar-refractivity contribution < 1.29 is 29.4 Å². The second-order valence-electron chi connectivity index (χ2n) is 11.6. The zero-order valence-corrected chi connectivity index (χ0v) is 23.5. The first kappa shape index (κ1) is 28.1. The number of benzene rings is 2. The highest BCUT2D eigenvalue weighted by molar-refractivity contribution is 5.98. The molecule has 0 aromatic heterocycles. The minimum atomic E-state index is -1.49. The van der Waals surface area contributed by atoms with Gasteiger partial charge in [-0.05, 0) is 112 Å². The van der Waals surface area contributed by atoms with Gasteiger partial charge in [0.2, 0.25) is 0 Å². The lowest BCUT2D eigenvalue weighted by Gasteiger charge is -2.33. The van der Waals surface area contributed by atoms with Crippen LogP contribution < -0.4 is 4.74 Å². The van der Waals surface area contributed by atoms with Crippen molar-refractivity contribution in [3.05, 3.63) is 87.5 Å². The fourth-order valence-electron chi connectivity index (χ4n) is 4.94. The van der Waals surface area contributed by atoms with E-state index in [9.17, 15) is 19.8 Å². The number of aryl methyl sites for hydroxylation is 1. The Morgan fingerprint density at radius 2 is 1.82 bits per heavy atom. The Labute approximate surface area is 229 Å². The molecule has 0 spiro atoms. The van der Waals surface area contributed by atoms with Crippen LogP contribution in [0.2, 0.25) is 0 Å². The van der Waals surface area contributed by atoms with Crippen LogP contribution in [0.4, 0.5) is 0 Å². The molecule has 0 amide bonds. The summed E-state index contributed by atoms with van der Waals surface area (Å²) < 4.78 is 6.33. The highest BCUT2D eigenvalue weighted by Gasteiger charge is 2.44. The molecule has 2 aliphatic carbocycles. The molecule has 1 atom stereocenters. The number of ether oxygens (including phenoxy) is 1. The van der Waals surface area contributed by atoms with E-state index in [1.165, 1.54) is 0 Å². The van der Waals surface area contributed by atoms with E-state index in [4.69, 9.17) is 9.57 Å². The Kier molecular flexibility index (Phi) is 7.73. The van der Waals surface area contributed by atoms with Crippen molar-refractivity contribution in [1.82, 2.24) is 0 Å². The molecule has 1 unspecified atom stereocenters. The molecule has 4 rings (SSSR count). The topological polar surface area (TPSA) is 105 Å². The van der Waals surface area contributed by atoms with Crippen molar-refractivity contribution >= 4 is 17.7 Å². The smallest absolute Gasteiger partial charge is 0.331 e. The highest BCUT2D eigenvalue weighted by Crippen LogP contribution is 2.47. The van der Waals surface area contributed by atoms with Gasteiger partial charge in [-0.25, -0.2) is 4.79 Å². The first-order valence-electron chi connectivity index (χ1n) is 13.3. The van der Waals surface area contributed by atoms with Crippen LogP contribution in [0.5, 0.6) is 5.75 Å². The van der Waals surface area contributed by atoms with Crippen LogP contribution in [0.15, 0.2) is 64.9 Å². The van der Waals surface area contributed by atoms with Crippen molar-refractivity contribution in [3.63, 3.8) is 0 Å². The maximum absolute atomic E-state index is 12.8. The average molecular weight is 532 g/mol. The molecular weight excluding hydrogens is 494 g/mol. The van der Waals surface area contributed by atoms with Gasteiger partial charge in [-0.1, -0.05) is 35.5 Å². The molecule has 206 valence electrons. The molecule has 0 saturated heterocycles. The number of oxime groups is 1. The number of allylic oxidation sites excluding steroid dienone is 2. The summed E-state index contributed by atoms with van der Waals surface area (Å²) in [5.41, 5.74) is 3.87. The summed E-state index contributed by atoms with van der Waals surface area (Å²) in [5.74, 6) is -1.14. The van der Waals surface area contributed by atoms with Gasteiger partial charge in [0.1, 0.15) is 23.4 Å². The third-order valence-electron chi connectivity index (χ3n) is 7.32. The Hall–Kier alpha value is -3.87. The van der Waals surface area contributed by atoms with Gasteiger partial charge in [-0.15, -0.1) is 0 Å². The number of nitrogens with zero attached hydrogens (tertiary/aromatic N) is 1. The number of hydrogen-bond acceptors (Lipinski definition) is 5. The fourth-order valence-corrected chi connectivity index (χ4v) is 4.94. The van der Waals surface area contributed by atoms with E-state index in [0.29, 0.717) is 22.8 Å². The molecular formula is C32H37NO6. The molecule has 7 heteroatoms. The standard InChI is InChI=1S/C32H37NO6/c1-19-14-15-32(30(36)37,17-25(19)29(34)35)27-9-7-8-24(22-10-11-22)26(27)18-38-28-13-12-23(16-20(28)2)21(3)33-39-31(4,5)6/h7-9,12-16,22H,10-11,17-18H2,1-6H3,(H,34,35)(H,36,37). The zero-order valence-electron chi connectivity index (χ0n) is 23.5. The average Bonchev–Trinajstić information content (AvgIpc) is 3.71. The van der Waals surface area contributed by atoms with Crippen molar-refractivity contribution in [2.45, 2.75) is 84.3 Å². The van der Waals surface area contributed by atoms with Crippen molar-refractivity contribution in [1.29, 1.82) is 0 Å². The van der Waals surface area contributed by atoms with Crippen LogP contribution in [-0.4, -0.2) is 33.5 Å². The molecule has 0 aliphatic heterocycles. The van der Waals surface area contributed by atoms with Gasteiger partial charge in [-0.2, -0.15) is 0 Å². The predicted octanol–water partition coefficient (Wildman–Crippen LogP) is 6.67. The molecule has 2 aromatic rings. The largest absolute Gasteiger partial charge is 0.489 e. The van der Waals surface area contributed by atoms with Crippen LogP contribution >= 0.6 is 0 Å². The van der Waals surface area contributed by atoms with Crippen LogP contribution in [-0.2, 0) is 26.4 Å². The van der Waals surface area contributed by atoms with E-state index in [1.54, 1.807) is 25.1 Å². The number of carboxylic acid groups (broad SMARTS) is 2. The van der Waals surface area contributed by atoms with E-state index in [0.717, 1.165) is 40.8 Å². The summed E-state index contributed by atoms with van der Waals surface area (Å²) in [4.78, 5) is 30.3. The summed E-state index contributed by atoms with van der Waals surface area (Å²) in [6, 6.07) is 11.5. The second kappa shape index (κ2) is 10.7. The highest BCUT2D eigenvalue weighted by atomic mass is 16.6. The molecule has 1 saturated carbocycles. The van der Waals surface area contributed by atoms with E-state index >= 15 is 0 Å². The molecule has 0 radical (unpaired) electrons. The summed E-state index contributed by atoms with van der Waals surface area (Å²) in [6.07, 6.45) is 5.20. The molecule has 1 fully saturated rings.